The van der Waals surface area contributed by atoms with Gasteiger partial charge in [-0.1, -0.05) is 24.3 Å². The van der Waals surface area contributed by atoms with Gasteiger partial charge >= 0.3 is 0 Å². The van der Waals surface area contributed by atoms with Gasteiger partial charge in [-0.15, -0.1) is 0 Å². The molecule has 3 aliphatic rings. The molecule has 1 spiro atoms. The fourth-order valence-corrected chi connectivity index (χ4v) is 6.42. The molecule has 6 nitrogen and oxygen atoms in total. The van der Waals surface area contributed by atoms with Gasteiger partial charge in [-0.05, 0) is 81.1 Å². The van der Waals surface area contributed by atoms with Crippen LogP contribution in [0.15, 0.2) is 54.7 Å². The predicted molar refractivity (Wildman–Crippen MR) is 139 cm³/mol. The van der Waals surface area contributed by atoms with E-state index in [-0.39, 0.29) is 18.4 Å². The monoisotopic (exact) mass is 516 g/mol. The number of nitrogens with zero attached hydrogens (tertiary/aromatic N) is 3. The summed E-state index contributed by atoms with van der Waals surface area (Å²) in [6.07, 6.45) is 2.82. The number of hydrogen-bond acceptors (Lipinski definition) is 4. The second kappa shape index (κ2) is 8.17. The lowest BCUT2D eigenvalue weighted by Gasteiger charge is -2.54. The van der Waals surface area contributed by atoms with Crippen LogP contribution in [-0.4, -0.2) is 45.7 Å². The van der Waals surface area contributed by atoms with Crippen molar-refractivity contribution in [3.63, 3.8) is 0 Å². The van der Waals surface area contributed by atoms with Gasteiger partial charge in [-0.2, -0.15) is 0 Å². The molecule has 1 fully saturated rings. The van der Waals surface area contributed by atoms with Crippen molar-refractivity contribution in [2.24, 2.45) is 0 Å². The molecule has 8 heteroatoms. The first-order chi connectivity index (χ1) is 17.9. The molecule has 2 aromatic carbocycles. The molecule has 196 valence electrons. The Morgan fingerprint density at radius 3 is 2.42 bits per heavy atom. The van der Waals surface area contributed by atoms with Crippen molar-refractivity contribution in [3.8, 4) is 0 Å². The van der Waals surface area contributed by atoms with E-state index in [0.717, 1.165) is 28.3 Å². The van der Waals surface area contributed by atoms with E-state index in [4.69, 9.17) is 0 Å². The number of likely N-dealkylation sites (N-methyl/N-ethyl adjacent to an activating group) is 1. The van der Waals surface area contributed by atoms with Crippen molar-refractivity contribution in [1.29, 1.82) is 0 Å². The summed E-state index contributed by atoms with van der Waals surface area (Å²) >= 11 is 0. The Labute approximate surface area is 220 Å². The van der Waals surface area contributed by atoms with Gasteiger partial charge in [0, 0.05) is 30.9 Å². The van der Waals surface area contributed by atoms with Crippen LogP contribution >= 0.6 is 0 Å². The summed E-state index contributed by atoms with van der Waals surface area (Å²) in [5, 5.41) is 2.93. The third-order valence-corrected chi connectivity index (χ3v) is 8.93. The Hall–Kier alpha value is -3.65. The van der Waals surface area contributed by atoms with Gasteiger partial charge in [0.05, 0.1) is 16.5 Å². The molecule has 3 heterocycles. The number of nitrogens with one attached hydrogen (secondary N) is 1. The van der Waals surface area contributed by atoms with E-state index in [1.165, 1.54) is 12.1 Å². The van der Waals surface area contributed by atoms with Crippen LogP contribution in [0.3, 0.4) is 0 Å². The van der Waals surface area contributed by atoms with Gasteiger partial charge in [-0.3, -0.25) is 14.5 Å². The van der Waals surface area contributed by atoms with Crippen molar-refractivity contribution in [2.75, 3.05) is 18.9 Å². The van der Waals surface area contributed by atoms with Crippen LogP contribution in [0.2, 0.25) is 0 Å². The average Bonchev–Trinajstić information content (AvgIpc) is 3.37. The highest BCUT2D eigenvalue weighted by Gasteiger charge is 2.52. The molecule has 2 aliphatic heterocycles. The van der Waals surface area contributed by atoms with E-state index in [1.54, 1.807) is 11.1 Å². The number of amides is 2. The Balaban J connectivity index is 1.37. The summed E-state index contributed by atoms with van der Waals surface area (Å²) in [7, 11) is 1.86. The summed E-state index contributed by atoms with van der Waals surface area (Å²) in [4.78, 5) is 35.0. The molecular weight excluding hydrogens is 486 g/mol. The maximum absolute atomic E-state index is 14.3. The molecule has 0 bridgehead atoms. The lowest BCUT2D eigenvalue weighted by Crippen LogP contribution is -2.68. The topological polar surface area (TPSA) is 65.5 Å². The molecule has 2 atom stereocenters. The largest absolute Gasteiger partial charge is 0.326 e. The fourth-order valence-electron chi connectivity index (χ4n) is 6.42. The van der Waals surface area contributed by atoms with Gasteiger partial charge < -0.3 is 10.2 Å². The maximum Gasteiger partial charge on any atom is 0.243 e. The smallest absolute Gasteiger partial charge is 0.243 e. The van der Waals surface area contributed by atoms with Crippen LogP contribution in [0, 0.1) is 11.6 Å². The zero-order valence-electron chi connectivity index (χ0n) is 21.9. The normalized spacial score (nSPS) is 26.0. The highest BCUT2D eigenvalue weighted by atomic mass is 19.1. The van der Waals surface area contributed by atoms with Crippen molar-refractivity contribution in [3.05, 3.63) is 94.2 Å². The fraction of sp³-hybridized carbons (Fsp3) is 0.367. The number of pyridine rings is 1. The van der Waals surface area contributed by atoms with Crippen molar-refractivity contribution in [2.45, 2.75) is 56.7 Å². The van der Waals surface area contributed by atoms with E-state index >= 15 is 0 Å². The third-order valence-electron chi connectivity index (χ3n) is 8.93. The zero-order chi connectivity index (χ0) is 27.0. The summed E-state index contributed by atoms with van der Waals surface area (Å²) in [5.41, 5.74) is 1.98. The first kappa shape index (κ1) is 24.7. The Kier molecular flexibility index (Phi) is 5.31. The molecular formula is C30H30F2N4O2. The lowest BCUT2D eigenvalue weighted by molar-refractivity contribution is -0.161. The number of fused-ring (bicyclic) bond motifs is 3. The van der Waals surface area contributed by atoms with Crippen LogP contribution in [0.25, 0.3) is 0 Å². The minimum atomic E-state index is -0.958. The van der Waals surface area contributed by atoms with E-state index < -0.39 is 28.1 Å². The lowest BCUT2D eigenvalue weighted by atomic mass is 9.79. The molecule has 3 aromatic rings. The number of aromatic nitrogens is 1. The first-order valence-corrected chi connectivity index (χ1v) is 12.8. The van der Waals surface area contributed by atoms with Gasteiger partial charge in [0.2, 0.25) is 11.8 Å². The second-order valence-corrected chi connectivity index (χ2v) is 11.6. The maximum atomic E-state index is 14.3. The van der Waals surface area contributed by atoms with Gasteiger partial charge in [0.15, 0.2) is 0 Å². The van der Waals surface area contributed by atoms with Crippen LogP contribution in [-0.2, 0) is 39.9 Å². The number of rotatable bonds is 3. The van der Waals surface area contributed by atoms with Gasteiger partial charge in [0.1, 0.15) is 17.5 Å². The standard InChI is InChI=1S/C30H30F2N4O2/c1-28(2)27(38)36(29(3,17-35(28)4)21-11-22(31)13-23(32)12-21)16-18-7-8-19-14-30(15-20(19)10-18)24-6-5-9-33-25(24)34-26(30)37/h5-13H,14-17H2,1-4H3,(H,33,34,37)/t29-,30+/m0/s1. The molecule has 6 rings (SSSR count). The minimum absolute atomic E-state index is 0.0411. The highest BCUT2D eigenvalue weighted by molar-refractivity contribution is 6.06. The van der Waals surface area contributed by atoms with Gasteiger partial charge in [-0.25, -0.2) is 13.8 Å². The molecule has 1 aliphatic carbocycles. The van der Waals surface area contributed by atoms with Gasteiger partial charge in [0.25, 0.3) is 0 Å². The molecule has 0 radical (unpaired) electrons. The van der Waals surface area contributed by atoms with Crippen LogP contribution < -0.4 is 5.32 Å². The molecule has 2 amide bonds. The van der Waals surface area contributed by atoms with E-state index in [1.807, 2.05) is 57.0 Å². The predicted octanol–water partition coefficient (Wildman–Crippen LogP) is 4.32. The number of hydrogen-bond donors (Lipinski definition) is 1. The molecule has 0 saturated carbocycles. The Morgan fingerprint density at radius 2 is 1.68 bits per heavy atom. The Morgan fingerprint density at radius 1 is 0.974 bits per heavy atom. The second-order valence-electron chi connectivity index (χ2n) is 11.6. The molecule has 38 heavy (non-hydrogen) atoms. The summed E-state index contributed by atoms with van der Waals surface area (Å²) in [6.45, 7) is 6.28. The number of carbonyl (C=O) groups excluding carboxylic acids is 2. The van der Waals surface area contributed by atoms with Crippen molar-refractivity contribution >= 4 is 17.6 Å². The number of piperazine rings is 1. The quantitative estimate of drug-likeness (QED) is 0.563. The number of halogens is 2. The number of benzene rings is 2. The van der Waals surface area contributed by atoms with Crippen LogP contribution in [0.1, 0.15) is 48.6 Å². The van der Waals surface area contributed by atoms with E-state index in [9.17, 15) is 18.4 Å². The van der Waals surface area contributed by atoms with E-state index in [0.29, 0.717) is 30.8 Å². The van der Waals surface area contributed by atoms with Crippen LogP contribution in [0.5, 0.6) is 0 Å². The Bertz CT molecular complexity index is 1490. The molecule has 1 saturated heterocycles. The highest BCUT2D eigenvalue weighted by Crippen LogP contribution is 2.47. The SMILES string of the molecule is CN1C[C@@](C)(c2cc(F)cc(F)c2)N(Cc2ccc3c(c2)C[C@@]2(C3)C(=O)Nc3ncccc32)C(=O)C1(C)C. The summed E-state index contributed by atoms with van der Waals surface area (Å²) < 4.78 is 28.6. The van der Waals surface area contributed by atoms with Crippen molar-refractivity contribution < 1.29 is 18.4 Å². The molecule has 0 unspecified atom stereocenters. The average molecular weight is 517 g/mol. The molecule has 1 N–H and O–H groups in total. The summed E-state index contributed by atoms with van der Waals surface area (Å²) in [6, 6.07) is 13.4. The first-order valence-electron chi connectivity index (χ1n) is 12.8. The molecule has 1 aromatic heterocycles. The van der Waals surface area contributed by atoms with Crippen molar-refractivity contribution in [1.82, 2.24) is 14.8 Å². The number of anilines is 1. The minimum Gasteiger partial charge on any atom is -0.326 e. The summed E-state index contributed by atoms with van der Waals surface area (Å²) in [5.74, 6) is -0.887. The zero-order valence-corrected chi connectivity index (χ0v) is 21.9. The van der Waals surface area contributed by atoms with Crippen LogP contribution in [0.4, 0.5) is 14.6 Å². The number of carbonyl (C=O) groups is 2. The van der Waals surface area contributed by atoms with E-state index in [2.05, 4.69) is 16.4 Å². The third kappa shape index (κ3) is 3.50.